The summed E-state index contributed by atoms with van der Waals surface area (Å²) in [5, 5.41) is 8.22. The summed E-state index contributed by atoms with van der Waals surface area (Å²) in [4.78, 5) is 0. The highest BCUT2D eigenvalue weighted by Gasteiger charge is 2.13. The van der Waals surface area contributed by atoms with Gasteiger partial charge in [0.15, 0.2) is 11.4 Å². The standard InChI is InChI=1S/C16H16FN3O/c1-3-20-10-12(9-19-20)8-18-11(2)15-7-13-5-4-6-14(17)16(13)21-15/h3-7,9-11,18H,1,8H2,2H3/t11-/m0/s1. The molecule has 0 spiro atoms. The van der Waals surface area contributed by atoms with Crippen LogP contribution in [0.2, 0.25) is 0 Å². The number of rotatable bonds is 5. The Hall–Kier alpha value is -2.40. The SMILES string of the molecule is C=Cn1cc(CN[C@@H](C)c2cc3cccc(F)c3o2)cn1. The van der Waals surface area contributed by atoms with E-state index < -0.39 is 0 Å². The van der Waals surface area contributed by atoms with Gasteiger partial charge in [0.1, 0.15) is 5.76 Å². The van der Waals surface area contributed by atoms with Crippen molar-refractivity contribution in [1.82, 2.24) is 15.1 Å². The Morgan fingerprint density at radius 2 is 2.38 bits per heavy atom. The fourth-order valence-corrected chi connectivity index (χ4v) is 2.20. The molecule has 1 aromatic carbocycles. The van der Waals surface area contributed by atoms with Gasteiger partial charge in [-0.25, -0.2) is 9.07 Å². The van der Waals surface area contributed by atoms with Crippen molar-refractivity contribution in [3.8, 4) is 0 Å². The molecule has 2 heterocycles. The van der Waals surface area contributed by atoms with E-state index in [2.05, 4.69) is 17.0 Å². The first-order valence-corrected chi connectivity index (χ1v) is 6.74. The first kappa shape index (κ1) is 13.6. The molecule has 0 amide bonds. The summed E-state index contributed by atoms with van der Waals surface area (Å²) in [6, 6.07) is 6.76. The Labute approximate surface area is 121 Å². The van der Waals surface area contributed by atoms with Crippen molar-refractivity contribution >= 4 is 17.2 Å². The van der Waals surface area contributed by atoms with Crippen LogP contribution in [0.15, 0.2) is 47.7 Å². The van der Waals surface area contributed by atoms with Gasteiger partial charge in [0.05, 0.1) is 12.2 Å². The van der Waals surface area contributed by atoms with Gasteiger partial charge in [-0.3, -0.25) is 0 Å². The molecule has 3 rings (SSSR count). The molecular formula is C16H16FN3O. The lowest BCUT2D eigenvalue weighted by atomic mass is 10.2. The maximum absolute atomic E-state index is 13.6. The molecule has 0 saturated carbocycles. The number of hydrogen-bond donors (Lipinski definition) is 1. The molecule has 0 saturated heterocycles. The molecule has 0 unspecified atom stereocenters. The molecule has 1 atom stereocenters. The number of benzene rings is 1. The second-order valence-electron chi connectivity index (χ2n) is 4.92. The Kier molecular flexibility index (Phi) is 3.58. The normalized spacial score (nSPS) is 12.7. The average Bonchev–Trinajstić information content (AvgIpc) is 3.12. The van der Waals surface area contributed by atoms with Crippen LogP contribution in [0.25, 0.3) is 17.2 Å². The maximum atomic E-state index is 13.6. The smallest absolute Gasteiger partial charge is 0.169 e. The van der Waals surface area contributed by atoms with Gasteiger partial charge in [-0.15, -0.1) is 0 Å². The molecule has 3 aromatic rings. The van der Waals surface area contributed by atoms with Gasteiger partial charge in [0.25, 0.3) is 0 Å². The molecule has 108 valence electrons. The van der Waals surface area contributed by atoms with Crippen LogP contribution in [-0.2, 0) is 6.54 Å². The van der Waals surface area contributed by atoms with Crippen molar-refractivity contribution in [3.05, 3.63) is 60.4 Å². The lowest BCUT2D eigenvalue weighted by Crippen LogP contribution is -2.17. The summed E-state index contributed by atoms with van der Waals surface area (Å²) in [5.41, 5.74) is 1.35. The summed E-state index contributed by atoms with van der Waals surface area (Å²) in [5.74, 6) is 0.379. The molecule has 21 heavy (non-hydrogen) atoms. The second kappa shape index (κ2) is 5.54. The monoisotopic (exact) mass is 285 g/mol. The first-order chi connectivity index (χ1) is 10.2. The molecule has 0 aliphatic carbocycles. The van der Waals surface area contributed by atoms with Crippen LogP contribution in [0.1, 0.15) is 24.3 Å². The highest BCUT2D eigenvalue weighted by molar-refractivity contribution is 5.78. The fraction of sp³-hybridized carbons (Fsp3) is 0.188. The summed E-state index contributed by atoms with van der Waals surface area (Å²) in [6.07, 6.45) is 5.31. The largest absolute Gasteiger partial charge is 0.456 e. The predicted molar refractivity (Wildman–Crippen MR) is 80.0 cm³/mol. The second-order valence-corrected chi connectivity index (χ2v) is 4.92. The number of nitrogens with one attached hydrogen (secondary N) is 1. The van der Waals surface area contributed by atoms with Crippen molar-refractivity contribution in [3.63, 3.8) is 0 Å². The summed E-state index contributed by atoms with van der Waals surface area (Å²) < 4.78 is 20.9. The highest BCUT2D eigenvalue weighted by Crippen LogP contribution is 2.25. The molecule has 0 fully saturated rings. The quantitative estimate of drug-likeness (QED) is 0.777. The zero-order valence-electron chi connectivity index (χ0n) is 11.7. The molecule has 0 aliphatic heterocycles. The van der Waals surface area contributed by atoms with Crippen LogP contribution >= 0.6 is 0 Å². The van der Waals surface area contributed by atoms with E-state index in [0.717, 1.165) is 10.9 Å². The molecule has 0 radical (unpaired) electrons. The Morgan fingerprint density at radius 1 is 1.52 bits per heavy atom. The number of furan rings is 1. The van der Waals surface area contributed by atoms with Gasteiger partial charge < -0.3 is 9.73 Å². The van der Waals surface area contributed by atoms with Crippen molar-refractivity contribution < 1.29 is 8.81 Å². The van der Waals surface area contributed by atoms with Crippen LogP contribution in [0, 0.1) is 5.82 Å². The van der Waals surface area contributed by atoms with E-state index in [1.807, 2.05) is 25.3 Å². The van der Waals surface area contributed by atoms with Crippen molar-refractivity contribution in [2.24, 2.45) is 0 Å². The van der Waals surface area contributed by atoms with Crippen molar-refractivity contribution in [2.45, 2.75) is 19.5 Å². The molecule has 0 bridgehead atoms. The van der Waals surface area contributed by atoms with Crippen molar-refractivity contribution in [1.29, 1.82) is 0 Å². The van der Waals surface area contributed by atoms with Gasteiger partial charge in [0, 0.05) is 29.9 Å². The van der Waals surface area contributed by atoms with E-state index >= 15 is 0 Å². The van der Waals surface area contributed by atoms with Crippen LogP contribution in [0.5, 0.6) is 0 Å². The van der Waals surface area contributed by atoms with E-state index in [0.29, 0.717) is 17.9 Å². The van der Waals surface area contributed by atoms with Gasteiger partial charge in [-0.2, -0.15) is 5.10 Å². The van der Waals surface area contributed by atoms with Crippen LogP contribution in [0.3, 0.4) is 0 Å². The minimum Gasteiger partial charge on any atom is -0.456 e. The first-order valence-electron chi connectivity index (χ1n) is 6.74. The van der Waals surface area contributed by atoms with E-state index in [-0.39, 0.29) is 11.9 Å². The molecule has 2 aromatic heterocycles. The Balaban J connectivity index is 1.73. The molecular weight excluding hydrogens is 269 g/mol. The van der Waals surface area contributed by atoms with E-state index in [9.17, 15) is 4.39 Å². The van der Waals surface area contributed by atoms with Gasteiger partial charge in [0.2, 0.25) is 0 Å². The number of para-hydroxylation sites is 1. The molecule has 1 N–H and O–H groups in total. The number of aromatic nitrogens is 2. The third kappa shape index (κ3) is 2.73. The van der Waals surface area contributed by atoms with E-state index in [1.54, 1.807) is 23.1 Å². The van der Waals surface area contributed by atoms with Gasteiger partial charge >= 0.3 is 0 Å². The van der Waals surface area contributed by atoms with E-state index in [4.69, 9.17) is 4.42 Å². The van der Waals surface area contributed by atoms with Crippen LogP contribution < -0.4 is 5.32 Å². The highest BCUT2D eigenvalue weighted by atomic mass is 19.1. The number of hydrogen-bond acceptors (Lipinski definition) is 3. The maximum Gasteiger partial charge on any atom is 0.169 e. The minimum atomic E-state index is -0.335. The minimum absolute atomic E-state index is 0.0242. The third-order valence-corrected chi connectivity index (χ3v) is 3.40. The predicted octanol–water partition coefficient (Wildman–Crippen LogP) is 3.72. The number of halogens is 1. The molecule has 5 heteroatoms. The van der Waals surface area contributed by atoms with Crippen LogP contribution in [-0.4, -0.2) is 9.78 Å². The van der Waals surface area contributed by atoms with Gasteiger partial charge in [-0.1, -0.05) is 18.7 Å². The topological polar surface area (TPSA) is 43.0 Å². The van der Waals surface area contributed by atoms with E-state index in [1.165, 1.54) is 6.07 Å². The number of nitrogens with zero attached hydrogens (tertiary/aromatic N) is 2. The van der Waals surface area contributed by atoms with Crippen LogP contribution in [0.4, 0.5) is 4.39 Å². The van der Waals surface area contributed by atoms with Crippen molar-refractivity contribution in [2.75, 3.05) is 0 Å². The average molecular weight is 285 g/mol. The molecule has 0 aliphatic rings. The summed E-state index contributed by atoms with van der Waals surface area (Å²) in [7, 11) is 0. The summed E-state index contributed by atoms with van der Waals surface area (Å²) in [6.45, 7) is 6.28. The summed E-state index contributed by atoms with van der Waals surface area (Å²) >= 11 is 0. The third-order valence-electron chi connectivity index (χ3n) is 3.40. The zero-order chi connectivity index (χ0) is 14.8. The zero-order valence-corrected chi connectivity index (χ0v) is 11.7. The lowest BCUT2D eigenvalue weighted by Gasteiger charge is -2.09. The lowest BCUT2D eigenvalue weighted by molar-refractivity contribution is 0.442. The fourth-order valence-electron chi connectivity index (χ4n) is 2.20. The Bertz CT molecular complexity index is 775. The van der Waals surface area contributed by atoms with Gasteiger partial charge in [-0.05, 0) is 19.1 Å². The Morgan fingerprint density at radius 3 is 3.10 bits per heavy atom. The number of fused-ring (bicyclic) bond motifs is 1. The molecule has 4 nitrogen and oxygen atoms in total.